The highest BCUT2D eigenvalue weighted by molar-refractivity contribution is 5.95. The van der Waals surface area contributed by atoms with Crippen molar-refractivity contribution in [1.29, 1.82) is 0 Å². The predicted molar refractivity (Wildman–Crippen MR) is 106 cm³/mol. The minimum atomic E-state index is -0.0864. The third-order valence-electron chi connectivity index (χ3n) is 4.69. The molecule has 0 aliphatic heterocycles. The van der Waals surface area contributed by atoms with Gasteiger partial charge in [0.05, 0.1) is 12.8 Å². The van der Waals surface area contributed by atoms with Gasteiger partial charge < -0.3 is 10.0 Å². The van der Waals surface area contributed by atoms with Gasteiger partial charge in [-0.2, -0.15) is 5.10 Å². The van der Waals surface area contributed by atoms with Crippen molar-refractivity contribution in [3.63, 3.8) is 0 Å². The van der Waals surface area contributed by atoms with Gasteiger partial charge in [-0.3, -0.25) is 9.48 Å². The minimum Gasteiger partial charge on any atom is -0.395 e. The van der Waals surface area contributed by atoms with E-state index in [4.69, 9.17) is 0 Å². The van der Waals surface area contributed by atoms with E-state index in [0.29, 0.717) is 18.7 Å². The maximum absolute atomic E-state index is 13.1. The molecule has 1 amide bonds. The summed E-state index contributed by atoms with van der Waals surface area (Å²) in [5.74, 6) is -0.0864. The van der Waals surface area contributed by atoms with E-state index in [1.807, 2.05) is 72.5 Å². The number of aliphatic hydroxyl groups excluding tert-OH is 1. The largest absolute Gasteiger partial charge is 0.395 e. The first-order chi connectivity index (χ1) is 13.1. The number of carbonyl (C=O) groups excluding carboxylic acids is 1. The van der Waals surface area contributed by atoms with Gasteiger partial charge in [-0.25, -0.2) is 0 Å². The van der Waals surface area contributed by atoms with Crippen molar-refractivity contribution in [2.45, 2.75) is 19.9 Å². The summed E-state index contributed by atoms with van der Waals surface area (Å²) in [5.41, 5.74) is 4.82. The molecule has 3 rings (SSSR count). The van der Waals surface area contributed by atoms with Gasteiger partial charge in [0.15, 0.2) is 0 Å². The molecule has 1 heterocycles. The van der Waals surface area contributed by atoms with E-state index in [1.54, 1.807) is 4.90 Å². The van der Waals surface area contributed by atoms with Gasteiger partial charge in [0.2, 0.25) is 0 Å². The molecule has 1 aromatic heterocycles. The summed E-state index contributed by atoms with van der Waals surface area (Å²) in [6.45, 7) is 2.79. The molecule has 0 saturated heterocycles. The Morgan fingerprint density at radius 3 is 2.63 bits per heavy atom. The van der Waals surface area contributed by atoms with E-state index in [1.165, 1.54) is 0 Å². The topological polar surface area (TPSA) is 58.4 Å². The van der Waals surface area contributed by atoms with Crippen LogP contribution in [0.3, 0.4) is 0 Å². The Hall–Kier alpha value is -2.92. The second-order valence-electron chi connectivity index (χ2n) is 6.50. The molecule has 3 aromatic rings. The number of nitrogens with zero attached hydrogens (tertiary/aromatic N) is 3. The summed E-state index contributed by atoms with van der Waals surface area (Å²) in [6.07, 6.45) is 2.71. The number of carbonyl (C=O) groups is 1. The molecular formula is C22H25N3O2. The SMILES string of the molecule is CCc1c(-c2cccc(C(=O)N(CCO)Cc3ccccc3)c2)cnn1C. The van der Waals surface area contributed by atoms with Crippen molar-refractivity contribution >= 4 is 5.91 Å². The highest BCUT2D eigenvalue weighted by Gasteiger charge is 2.17. The first kappa shape index (κ1) is 18.9. The average Bonchev–Trinajstić information content (AvgIpc) is 3.08. The lowest BCUT2D eigenvalue weighted by Gasteiger charge is -2.22. The van der Waals surface area contributed by atoms with Gasteiger partial charge >= 0.3 is 0 Å². The molecular weight excluding hydrogens is 338 g/mol. The molecule has 5 nitrogen and oxygen atoms in total. The highest BCUT2D eigenvalue weighted by atomic mass is 16.3. The Balaban J connectivity index is 1.88. The predicted octanol–water partition coefficient (Wildman–Crippen LogP) is 3.28. The van der Waals surface area contributed by atoms with Crippen LogP contribution >= 0.6 is 0 Å². The number of hydrogen-bond acceptors (Lipinski definition) is 3. The van der Waals surface area contributed by atoms with Crippen LogP contribution in [0.5, 0.6) is 0 Å². The first-order valence-electron chi connectivity index (χ1n) is 9.19. The van der Waals surface area contributed by atoms with Crippen LogP contribution in [-0.4, -0.2) is 38.8 Å². The molecule has 1 N–H and O–H groups in total. The number of rotatable bonds is 7. The maximum atomic E-state index is 13.1. The van der Waals surface area contributed by atoms with Crippen LogP contribution in [0.25, 0.3) is 11.1 Å². The van der Waals surface area contributed by atoms with Crippen LogP contribution in [0.1, 0.15) is 28.5 Å². The molecule has 0 aliphatic rings. The summed E-state index contributed by atoms with van der Waals surface area (Å²) in [4.78, 5) is 14.8. The van der Waals surface area contributed by atoms with Crippen molar-refractivity contribution in [2.24, 2.45) is 7.05 Å². The Labute approximate surface area is 159 Å². The number of amides is 1. The van der Waals surface area contributed by atoms with Crippen LogP contribution in [0, 0.1) is 0 Å². The quantitative estimate of drug-likeness (QED) is 0.701. The highest BCUT2D eigenvalue weighted by Crippen LogP contribution is 2.25. The smallest absolute Gasteiger partial charge is 0.254 e. The molecule has 27 heavy (non-hydrogen) atoms. The van der Waals surface area contributed by atoms with E-state index >= 15 is 0 Å². The monoisotopic (exact) mass is 363 g/mol. The zero-order valence-electron chi connectivity index (χ0n) is 15.8. The Kier molecular flexibility index (Phi) is 6.04. The number of aryl methyl sites for hydroxylation is 1. The van der Waals surface area contributed by atoms with Gasteiger partial charge in [0, 0.05) is 37.0 Å². The van der Waals surface area contributed by atoms with Crippen LogP contribution < -0.4 is 0 Å². The zero-order chi connectivity index (χ0) is 19.2. The summed E-state index contributed by atoms with van der Waals surface area (Å²) in [7, 11) is 1.93. The molecule has 0 bridgehead atoms. The minimum absolute atomic E-state index is 0.0686. The van der Waals surface area contributed by atoms with Gasteiger partial charge in [-0.05, 0) is 29.7 Å². The third-order valence-corrected chi connectivity index (χ3v) is 4.69. The molecule has 0 radical (unpaired) electrons. The maximum Gasteiger partial charge on any atom is 0.254 e. The average molecular weight is 363 g/mol. The molecule has 2 aromatic carbocycles. The zero-order valence-corrected chi connectivity index (χ0v) is 15.8. The fourth-order valence-corrected chi connectivity index (χ4v) is 3.30. The fraction of sp³-hybridized carbons (Fsp3) is 0.273. The lowest BCUT2D eigenvalue weighted by molar-refractivity contribution is 0.0708. The number of hydrogen-bond donors (Lipinski definition) is 1. The van der Waals surface area contributed by atoms with E-state index in [9.17, 15) is 9.90 Å². The van der Waals surface area contributed by atoms with Gasteiger partial charge in [0.1, 0.15) is 0 Å². The van der Waals surface area contributed by atoms with E-state index in [-0.39, 0.29) is 12.5 Å². The Morgan fingerprint density at radius 1 is 1.15 bits per heavy atom. The van der Waals surface area contributed by atoms with Crippen LogP contribution in [0.15, 0.2) is 60.8 Å². The standard InChI is InChI=1S/C22H25N3O2/c1-3-21-20(15-23-24(21)2)18-10-7-11-19(14-18)22(27)25(12-13-26)16-17-8-5-4-6-9-17/h4-11,14-15,26H,3,12-13,16H2,1-2H3. The van der Waals surface area contributed by atoms with E-state index in [0.717, 1.165) is 28.8 Å². The molecule has 140 valence electrons. The molecule has 0 spiro atoms. The van der Waals surface area contributed by atoms with E-state index in [2.05, 4.69) is 12.0 Å². The van der Waals surface area contributed by atoms with Crippen molar-refractivity contribution in [1.82, 2.24) is 14.7 Å². The second-order valence-corrected chi connectivity index (χ2v) is 6.50. The van der Waals surface area contributed by atoms with E-state index < -0.39 is 0 Å². The van der Waals surface area contributed by atoms with Gasteiger partial charge in [-0.1, -0.05) is 49.4 Å². The summed E-state index contributed by atoms with van der Waals surface area (Å²) in [6, 6.07) is 17.4. The lowest BCUT2D eigenvalue weighted by atomic mass is 10.0. The number of aliphatic hydroxyl groups is 1. The Bertz CT molecular complexity index is 903. The number of benzene rings is 2. The molecule has 0 atom stereocenters. The van der Waals surface area contributed by atoms with Crippen molar-refractivity contribution in [3.8, 4) is 11.1 Å². The molecule has 0 saturated carbocycles. The normalized spacial score (nSPS) is 10.8. The molecule has 0 fully saturated rings. The van der Waals surface area contributed by atoms with Gasteiger partial charge in [0.25, 0.3) is 5.91 Å². The Morgan fingerprint density at radius 2 is 1.93 bits per heavy atom. The van der Waals surface area contributed by atoms with Crippen molar-refractivity contribution in [3.05, 3.63) is 77.6 Å². The fourth-order valence-electron chi connectivity index (χ4n) is 3.30. The molecule has 0 unspecified atom stereocenters. The number of aromatic nitrogens is 2. The van der Waals surface area contributed by atoms with Crippen molar-refractivity contribution < 1.29 is 9.90 Å². The van der Waals surface area contributed by atoms with Crippen LogP contribution in [0.2, 0.25) is 0 Å². The van der Waals surface area contributed by atoms with Gasteiger partial charge in [-0.15, -0.1) is 0 Å². The second kappa shape index (κ2) is 8.64. The summed E-state index contributed by atoms with van der Waals surface area (Å²) < 4.78 is 1.87. The summed E-state index contributed by atoms with van der Waals surface area (Å²) in [5, 5.41) is 13.8. The van der Waals surface area contributed by atoms with Crippen LogP contribution in [-0.2, 0) is 20.0 Å². The van der Waals surface area contributed by atoms with Crippen LogP contribution in [0.4, 0.5) is 0 Å². The first-order valence-corrected chi connectivity index (χ1v) is 9.19. The lowest BCUT2D eigenvalue weighted by Crippen LogP contribution is -2.33. The van der Waals surface area contributed by atoms with Crippen molar-refractivity contribution in [2.75, 3.05) is 13.2 Å². The third kappa shape index (κ3) is 4.26. The summed E-state index contributed by atoms with van der Waals surface area (Å²) >= 11 is 0. The molecule has 5 heteroatoms. The molecule has 0 aliphatic carbocycles.